The third-order valence-electron chi connectivity index (χ3n) is 6.74. The van der Waals surface area contributed by atoms with Crippen molar-refractivity contribution in [1.29, 1.82) is 0 Å². The fraction of sp³-hybridized carbons (Fsp3) is 1.00. The number of nitrogens with one attached hydrogen (secondary N) is 1. The highest BCUT2D eigenvalue weighted by molar-refractivity contribution is 5.13. The monoisotopic (exact) mass is 278 g/mol. The molecule has 0 aromatic heterocycles. The van der Waals surface area contributed by atoms with Crippen LogP contribution in [0.3, 0.4) is 0 Å². The molecule has 2 saturated carbocycles. The molecule has 0 radical (unpaired) electrons. The zero-order chi connectivity index (χ0) is 14.4. The van der Waals surface area contributed by atoms with Gasteiger partial charge in [0.25, 0.3) is 0 Å². The number of likely N-dealkylation sites (tertiary alicyclic amines) is 1. The average molecular weight is 278 g/mol. The summed E-state index contributed by atoms with van der Waals surface area (Å²) in [6.45, 7) is 15.0. The van der Waals surface area contributed by atoms with E-state index in [2.05, 4.69) is 37.9 Å². The second-order valence-corrected chi connectivity index (χ2v) is 8.67. The molecule has 1 saturated heterocycles. The first kappa shape index (κ1) is 14.8. The molecule has 3 fully saturated rings. The van der Waals surface area contributed by atoms with E-state index in [0.29, 0.717) is 10.8 Å². The SMILES string of the molecule is CCCNCC1CCN(C2C3(C)CCC(C3)C2(C)C)C1. The molecule has 20 heavy (non-hydrogen) atoms. The zero-order valence-electron chi connectivity index (χ0n) is 14.0. The van der Waals surface area contributed by atoms with E-state index < -0.39 is 0 Å². The Morgan fingerprint density at radius 3 is 2.65 bits per heavy atom. The van der Waals surface area contributed by atoms with Crippen molar-refractivity contribution in [2.75, 3.05) is 26.2 Å². The number of hydrogen-bond acceptors (Lipinski definition) is 2. The molecule has 4 atom stereocenters. The molecule has 116 valence electrons. The van der Waals surface area contributed by atoms with Crippen LogP contribution in [0.1, 0.15) is 59.8 Å². The Morgan fingerprint density at radius 1 is 1.20 bits per heavy atom. The van der Waals surface area contributed by atoms with Gasteiger partial charge in [0.15, 0.2) is 0 Å². The summed E-state index contributed by atoms with van der Waals surface area (Å²) >= 11 is 0. The van der Waals surface area contributed by atoms with Gasteiger partial charge in [-0.3, -0.25) is 4.90 Å². The van der Waals surface area contributed by atoms with Gasteiger partial charge in [0.2, 0.25) is 0 Å². The fourth-order valence-electron chi connectivity index (χ4n) is 5.93. The van der Waals surface area contributed by atoms with E-state index in [0.717, 1.165) is 17.9 Å². The Bertz CT molecular complexity index is 347. The molecule has 3 rings (SSSR count). The highest BCUT2D eigenvalue weighted by Gasteiger charge is 2.61. The first-order chi connectivity index (χ1) is 9.47. The maximum Gasteiger partial charge on any atom is 0.0203 e. The van der Waals surface area contributed by atoms with Crippen LogP contribution in [0.2, 0.25) is 0 Å². The number of hydrogen-bond donors (Lipinski definition) is 1. The predicted octanol–water partition coefficient (Wildman–Crippen LogP) is 3.52. The summed E-state index contributed by atoms with van der Waals surface area (Å²) in [5.41, 5.74) is 1.15. The van der Waals surface area contributed by atoms with Crippen LogP contribution < -0.4 is 5.32 Å². The molecule has 0 aromatic rings. The number of rotatable bonds is 5. The molecule has 4 unspecified atom stereocenters. The standard InChI is InChI=1S/C18H34N2/c1-5-9-19-12-14-7-10-20(13-14)16-17(2,3)15-6-8-18(16,4)11-15/h14-16,19H,5-13H2,1-4H3. The summed E-state index contributed by atoms with van der Waals surface area (Å²) in [5, 5.41) is 3.63. The zero-order valence-corrected chi connectivity index (χ0v) is 14.0. The lowest BCUT2D eigenvalue weighted by Crippen LogP contribution is -2.51. The number of nitrogens with zero attached hydrogens (tertiary/aromatic N) is 1. The van der Waals surface area contributed by atoms with Crippen LogP contribution in [0.5, 0.6) is 0 Å². The summed E-state index contributed by atoms with van der Waals surface area (Å²) in [4.78, 5) is 2.87. The van der Waals surface area contributed by atoms with Crippen LogP contribution in [-0.2, 0) is 0 Å². The van der Waals surface area contributed by atoms with Crippen LogP contribution in [0.4, 0.5) is 0 Å². The van der Waals surface area contributed by atoms with Gasteiger partial charge in [0.05, 0.1) is 0 Å². The lowest BCUT2D eigenvalue weighted by molar-refractivity contribution is 0.0159. The van der Waals surface area contributed by atoms with E-state index in [9.17, 15) is 0 Å². The van der Waals surface area contributed by atoms with Gasteiger partial charge in [0, 0.05) is 12.6 Å². The fourth-order valence-corrected chi connectivity index (χ4v) is 5.93. The smallest absolute Gasteiger partial charge is 0.0203 e. The Labute approximate surface area is 125 Å². The number of fused-ring (bicyclic) bond motifs is 2. The summed E-state index contributed by atoms with van der Waals surface area (Å²) < 4.78 is 0. The van der Waals surface area contributed by atoms with Gasteiger partial charge >= 0.3 is 0 Å². The van der Waals surface area contributed by atoms with Gasteiger partial charge in [-0.15, -0.1) is 0 Å². The Balaban J connectivity index is 1.62. The van der Waals surface area contributed by atoms with Crippen molar-refractivity contribution >= 4 is 0 Å². The molecule has 2 heteroatoms. The predicted molar refractivity (Wildman–Crippen MR) is 85.9 cm³/mol. The normalized spacial score (nSPS) is 43.5. The van der Waals surface area contributed by atoms with E-state index in [-0.39, 0.29) is 0 Å². The minimum absolute atomic E-state index is 0.540. The third kappa shape index (κ3) is 2.33. The summed E-state index contributed by atoms with van der Waals surface area (Å²) in [6, 6.07) is 0.838. The van der Waals surface area contributed by atoms with Crippen molar-refractivity contribution in [3.8, 4) is 0 Å². The third-order valence-corrected chi connectivity index (χ3v) is 6.74. The summed E-state index contributed by atoms with van der Waals surface area (Å²) in [6.07, 6.45) is 7.10. The molecule has 0 spiro atoms. The molecule has 1 aliphatic heterocycles. The van der Waals surface area contributed by atoms with Crippen molar-refractivity contribution in [3.05, 3.63) is 0 Å². The van der Waals surface area contributed by atoms with Crippen LogP contribution in [0.15, 0.2) is 0 Å². The first-order valence-corrected chi connectivity index (χ1v) is 8.92. The minimum Gasteiger partial charge on any atom is -0.316 e. The summed E-state index contributed by atoms with van der Waals surface area (Å²) in [5.74, 6) is 1.87. The highest BCUT2D eigenvalue weighted by Crippen LogP contribution is 2.64. The maximum absolute atomic E-state index is 3.63. The first-order valence-electron chi connectivity index (χ1n) is 8.92. The van der Waals surface area contributed by atoms with E-state index in [1.165, 1.54) is 58.3 Å². The van der Waals surface area contributed by atoms with E-state index in [1.807, 2.05) is 0 Å². The molecular weight excluding hydrogens is 244 g/mol. The van der Waals surface area contributed by atoms with Crippen molar-refractivity contribution < 1.29 is 0 Å². The van der Waals surface area contributed by atoms with Crippen LogP contribution in [-0.4, -0.2) is 37.1 Å². The van der Waals surface area contributed by atoms with E-state index in [1.54, 1.807) is 0 Å². The largest absolute Gasteiger partial charge is 0.316 e. The summed E-state index contributed by atoms with van der Waals surface area (Å²) in [7, 11) is 0. The van der Waals surface area contributed by atoms with Crippen molar-refractivity contribution in [2.45, 2.75) is 65.8 Å². The molecule has 2 bridgehead atoms. The second-order valence-electron chi connectivity index (χ2n) is 8.67. The lowest BCUT2D eigenvalue weighted by Gasteiger charge is -2.48. The topological polar surface area (TPSA) is 15.3 Å². The van der Waals surface area contributed by atoms with E-state index >= 15 is 0 Å². The van der Waals surface area contributed by atoms with E-state index in [4.69, 9.17) is 0 Å². The Morgan fingerprint density at radius 2 is 2.00 bits per heavy atom. The molecule has 0 amide bonds. The van der Waals surface area contributed by atoms with Crippen molar-refractivity contribution in [2.24, 2.45) is 22.7 Å². The van der Waals surface area contributed by atoms with Crippen LogP contribution in [0, 0.1) is 22.7 Å². The molecule has 1 N–H and O–H groups in total. The van der Waals surface area contributed by atoms with Crippen molar-refractivity contribution in [3.63, 3.8) is 0 Å². The second kappa shape index (κ2) is 5.28. The van der Waals surface area contributed by atoms with Crippen molar-refractivity contribution in [1.82, 2.24) is 10.2 Å². The molecular formula is C18H34N2. The van der Waals surface area contributed by atoms with Gasteiger partial charge in [-0.2, -0.15) is 0 Å². The van der Waals surface area contributed by atoms with Gasteiger partial charge < -0.3 is 5.32 Å². The molecule has 1 heterocycles. The van der Waals surface area contributed by atoms with Gasteiger partial charge in [-0.05, 0) is 74.4 Å². The van der Waals surface area contributed by atoms with Crippen LogP contribution in [0.25, 0.3) is 0 Å². The Hall–Kier alpha value is -0.0800. The van der Waals surface area contributed by atoms with Gasteiger partial charge in [0.1, 0.15) is 0 Å². The average Bonchev–Trinajstić information content (AvgIpc) is 3.01. The van der Waals surface area contributed by atoms with Gasteiger partial charge in [-0.1, -0.05) is 27.7 Å². The minimum atomic E-state index is 0.540. The highest BCUT2D eigenvalue weighted by atomic mass is 15.2. The van der Waals surface area contributed by atoms with Crippen LogP contribution >= 0.6 is 0 Å². The molecule has 2 nitrogen and oxygen atoms in total. The quantitative estimate of drug-likeness (QED) is 0.774. The molecule has 3 aliphatic rings. The molecule has 0 aromatic carbocycles. The molecule has 2 aliphatic carbocycles. The lowest BCUT2D eigenvalue weighted by atomic mass is 9.68. The Kier molecular flexibility index (Phi) is 3.92. The maximum atomic E-state index is 3.63. The van der Waals surface area contributed by atoms with Gasteiger partial charge in [-0.25, -0.2) is 0 Å².